The second-order valence-corrected chi connectivity index (χ2v) is 16.9. The number of fused-ring (bicyclic) bond motifs is 10. The van der Waals surface area contributed by atoms with Gasteiger partial charge in [0.1, 0.15) is 0 Å². The first kappa shape index (κ1) is 35.0. The lowest BCUT2D eigenvalue weighted by Crippen LogP contribution is -2.17. The lowest BCUT2D eigenvalue weighted by atomic mass is 9.89. The first-order chi connectivity index (χ1) is 31.8. The van der Waals surface area contributed by atoms with Gasteiger partial charge in [0.15, 0.2) is 0 Å². The zero-order chi connectivity index (χ0) is 41.9. The molecule has 0 saturated carbocycles. The van der Waals surface area contributed by atoms with Gasteiger partial charge < -0.3 is 18.9 Å². The van der Waals surface area contributed by atoms with Gasteiger partial charge in [-0.2, -0.15) is 0 Å². The van der Waals surface area contributed by atoms with Crippen LogP contribution in [0.4, 0.5) is 34.1 Å². The molecule has 0 radical (unpaired) electrons. The molecule has 12 aromatic rings. The second-order valence-electron chi connectivity index (χ2n) is 16.9. The van der Waals surface area contributed by atoms with Crippen LogP contribution in [-0.4, -0.2) is 9.13 Å². The minimum Gasteiger partial charge on any atom is -0.306 e. The number of nitrogens with zero attached hydrogens (tertiary/aromatic N) is 4. The molecule has 0 spiro atoms. The molecule has 0 bridgehead atoms. The predicted octanol–water partition coefficient (Wildman–Crippen LogP) is 16.4. The van der Waals surface area contributed by atoms with Gasteiger partial charge >= 0.3 is 0 Å². The molecule has 10 aromatic carbocycles. The Morgan fingerprint density at radius 2 is 0.547 bits per heavy atom. The molecule has 0 fully saturated rings. The van der Waals surface area contributed by atoms with Crippen LogP contribution < -0.4 is 9.80 Å². The van der Waals surface area contributed by atoms with E-state index in [1.165, 1.54) is 111 Å². The molecule has 0 unspecified atom stereocenters. The minimum absolute atomic E-state index is 1.13. The highest BCUT2D eigenvalue weighted by atomic mass is 15.2. The Morgan fingerprint density at radius 3 is 0.984 bits per heavy atom. The fourth-order valence-electron chi connectivity index (χ4n) is 10.9. The normalized spacial score (nSPS) is 12.6. The van der Waals surface area contributed by atoms with Gasteiger partial charge in [-0.1, -0.05) is 158 Å². The first-order valence-corrected chi connectivity index (χ1v) is 22.0. The van der Waals surface area contributed by atoms with Crippen molar-refractivity contribution < 1.29 is 0 Å². The zero-order valence-electron chi connectivity index (χ0n) is 34.7. The quantitative estimate of drug-likeness (QED) is 0.172. The van der Waals surface area contributed by atoms with E-state index in [1.54, 1.807) is 0 Å². The van der Waals surface area contributed by atoms with E-state index >= 15 is 0 Å². The number of aromatic nitrogens is 2. The van der Waals surface area contributed by atoms with Gasteiger partial charge in [0.2, 0.25) is 0 Å². The molecule has 2 aliphatic heterocycles. The maximum absolute atomic E-state index is 2.44. The number of anilines is 6. The Balaban J connectivity index is 0.841. The Hall–Kier alpha value is -8.60. The number of para-hydroxylation sites is 8. The third-order valence-corrected chi connectivity index (χ3v) is 13.6. The maximum atomic E-state index is 2.44. The van der Waals surface area contributed by atoms with Gasteiger partial charge in [-0.3, -0.25) is 0 Å². The monoisotopic (exact) mass is 814 g/mol. The van der Waals surface area contributed by atoms with Gasteiger partial charge in [0.25, 0.3) is 0 Å². The highest BCUT2D eigenvalue weighted by Crippen LogP contribution is 2.52. The Bertz CT molecular complexity index is 3600. The summed E-state index contributed by atoms with van der Waals surface area (Å²) >= 11 is 0. The van der Waals surface area contributed by atoms with Crippen LogP contribution in [0.1, 0.15) is 0 Å². The summed E-state index contributed by atoms with van der Waals surface area (Å²) < 4.78 is 4.88. The smallest absolute Gasteiger partial charge is 0.0783 e. The number of benzene rings is 10. The fourth-order valence-corrected chi connectivity index (χ4v) is 10.9. The van der Waals surface area contributed by atoms with Crippen LogP contribution in [-0.2, 0) is 0 Å². The van der Waals surface area contributed by atoms with E-state index in [4.69, 9.17) is 0 Å². The van der Waals surface area contributed by atoms with Crippen LogP contribution in [0.2, 0.25) is 0 Å². The van der Waals surface area contributed by atoms with Crippen molar-refractivity contribution in [2.24, 2.45) is 0 Å². The molecule has 0 N–H and O–H groups in total. The average Bonchev–Trinajstić information content (AvgIpc) is 3.89. The van der Waals surface area contributed by atoms with E-state index in [0.29, 0.717) is 0 Å². The van der Waals surface area contributed by atoms with E-state index in [-0.39, 0.29) is 0 Å². The molecule has 4 heterocycles. The van der Waals surface area contributed by atoms with Crippen molar-refractivity contribution in [1.29, 1.82) is 0 Å². The molecular weight excluding hydrogens is 777 g/mol. The van der Waals surface area contributed by atoms with E-state index in [2.05, 4.69) is 249 Å². The molecule has 0 atom stereocenters. The summed E-state index contributed by atoms with van der Waals surface area (Å²) in [5.41, 5.74) is 21.5. The van der Waals surface area contributed by atoms with Crippen molar-refractivity contribution in [2.75, 3.05) is 9.80 Å². The van der Waals surface area contributed by atoms with Crippen LogP contribution in [0.5, 0.6) is 0 Å². The Labute approximate surface area is 370 Å². The lowest BCUT2D eigenvalue weighted by Gasteiger charge is -2.33. The van der Waals surface area contributed by atoms with Crippen LogP contribution in [0.15, 0.2) is 231 Å². The number of rotatable bonds is 5. The molecule has 64 heavy (non-hydrogen) atoms. The molecule has 14 rings (SSSR count). The van der Waals surface area contributed by atoms with Crippen molar-refractivity contribution in [3.63, 3.8) is 0 Å². The molecule has 0 amide bonds. The van der Waals surface area contributed by atoms with Crippen LogP contribution in [0, 0.1) is 0 Å². The molecule has 2 aromatic heterocycles. The van der Waals surface area contributed by atoms with Gasteiger partial charge in [0, 0.05) is 32.9 Å². The third kappa shape index (κ3) is 4.88. The summed E-state index contributed by atoms with van der Waals surface area (Å²) in [4.78, 5) is 4.85. The van der Waals surface area contributed by atoms with E-state index in [9.17, 15) is 0 Å². The van der Waals surface area contributed by atoms with Crippen molar-refractivity contribution in [1.82, 2.24) is 9.13 Å². The molecule has 0 aliphatic carbocycles. The molecule has 0 saturated heterocycles. The largest absolute Gasteiger partial charge is 0.306 e. The standard InChI is InChI=1S/C60H38N4/c1-3-17-45(43(15-1)39-31-35-41(36-32-39)61-53-25-9-11-27-55(53)63-51-23-7-5-19-47(51)49-21-13-29-57(61)59(49)63)46-18-4-2-16-44(46)40-33-37-42(38-34-40)62-54-26-10-12-28-56(54)64-52-24-8-6-20-48(52)50-22-14-30-58(62)60(50)64/h1-38H. The van der Waals surface area contributed by atoms with Gasteiger partial charge in [-0.05, 0) is 106 Å². The van der Waals surface area contributed by atoms with E-state index in [1.807, 2.05) is 0 Å². The molecular formula is C60H38N4. The van der Waals surface area contributed by atoms with Crippen molar-refractivity contribution in [3.05, 3.63) is 231 Å². The van der Waals surface area contributed by atoms with Gasteiger partial charge in [-0.25, -0.2) is 0 Å². The molecule has 2 aliphatic rings. The number of hydrogen-bond donors (Lipinski definition) is 0. The summed E-state index contributed by atoms with van der Waals surface area (Å²) in [7, 11) is 0. The summed E-state index contributed by atoms with van der Waals surface area (Å²) in [5, 5.41) is 5.08. The van der Waals surface area contributed by atoms with Crippen molar-refractivity contribution >= 4 is 77.7 Å². The SMILES string of the molecule is c1ccc(-c2ccccc2-c2ccc(N3c4ccccc4-n4c5ccccc5c5cccc3c54)cc2)c(-c2ccc(N3c4ccccc4-n4c5ccccc5c5cccc3c54)cc2)c1. The topological polar surface area (TPSA) is 16.3 Å². The van der Waals surface area contributed by atoms with E-state index < -0.39 is 0 Å². The highest BCUT2D eigenvalue weighted by molar-refractivity contribution is 6.18. The third-order valence-electron chi connectivity index (χ3n) is 13.6. The predicted molar refractivity (Wildman–Crippen MR) is 268 cm³/mol. The summed E-state index contributed by atoms with van der Waals surface area (Å²) in [6.07, 6.45) is 0. The summed E-state index contributed by atoms with van der Waals surface area (Å²) in [5.74, 6) is 0. The summed E-state index contributed by atoms with van der Waals surface area (Å²) in [6.45, 7) is 0. The maximum Gasteiger partial charge on any atom is 0.0783 e. The number of hydrogen-bond acceptors (Lipinski definition) is 2. The molecule has 4 nitrogen and oxygen atoms in total. The molecule has 298 valence electrons. The van der Waals surface area contributed by atoms with Crippen molar-refractivity contribution in [2.45, 2.75) is 0 Å². The highest BCUT2D eigenvalue weighted by Gasteiger charge is 2.30. The van der Waals surface area contributed by atoms with Crippen LogP contribution >= 0.6 is 0 Å². The van der Waals surface area contributed by atoms with Crippen LogP contribution in [0.3, 0.4) is 0 Å². The van der Waals surface area contributed by atoms with Crippen molar-refractivity contribution in [3.8, 4) is 44.8 Å². The van der Waals surface area contributed by atoms with Crippen LogP contribution in [0.25, 0.3) is 88.4 Å². The zero-order valence-corrected chi connectivity index (χ0v) is 34.7. The second kappa shape index (κ2) is 13.4. The first-order valence-electron chi connectivity index (χ1n) is 22.0. The Morgan fingerprint density at radius 1 is 0.219 bits per heavy atom. The minimum atomic E-state index is 1.13. The lowest BCUT2D eigenvalue weighted by molar-refractivity contribution is 1.11. The fraction of sp³-hybridized carbons (Fsp3) is 0. The van der Waals surface area contributed by atoms with E-state index in [0.717, 1.165) is 11.4 Å². The summed E-state index contributed by atoms with van der Waals surface area (Å²) in [6, 6.07) is 84.4. The van der Waals surface area contributed by atoms with Gasteiger partial charge in [-0.15, -0.1) is 0 Å². The molecule has 4 heteroatoms. The average molecular weight is 815 g/mol. The van der Waals surface area contributed by atoms with Gasteiger partial charge in [0.05, 0.1) is 56.2 Å². The Kier molecular flexibility index (Phi) is 7.36.